The molecular weight excluding hydrogens is 281 g/mol. The molecule has 0 spiro atoms. The summed E-state index contributed by atoms with van der Waals surface area (Å²) >= 11 is 0. The van der Waals surface area contributed by atoms with E-state index < -0.39 is 41.4 Å². The van der Waals surface area contributed by atoms with E-state index in [4.69, 9.17) is 0 Å². The first-order valence-electron chi connectivity index (χ1n) is 4.05. The number of hydrogen-bond donors (Lipinski definition) is 0. The van der Waals surface area contributed by atoms with Crippen molar-refractivity contribution in [3.05, 3.63) is 29.1 Å². The fourth-order valence-electron chi connectivity index (χ4n) is 1.06. The van der Waals surface area contributed by atoms with Crippen molar-refractivity contribution < 1.29 is 39.5 Å². The van der Waals surface area contributed by atoms with E-state index in [2.05, 4.69) is 4.98 Å². The summed E-state index contributed by atoms with van der Waals surface area (Å²) in [6.07, 6.45) is -16.6. The summed E-state index contributed by atoms with van der Waals surface area (Å²) in [5.74, 6) is 0. The second-order valence-corrected chi connectivity index (χ2v) is 3.11. The van der Waals surface area contributed by atoms with Gasteiger partial charge in [0.15, 0.2) is 5.69 Å². The topological polar surface area (TPSA) is 12.9 Å². The molecule has 0 fully saturated rings. The van der Waals surface area contributed by atoms with Crippen molar-refractivity contribution in [1.82, 2.24) is 4.98 Å². The van der Waals surface area contributed by atoms with Gasteiger partial charge in [0.05, 0.1) is 11.1 Å². The van der Waals surface area contributed by atoms with E-state index in [1.807, 2.05) is 0 Å². The molecule has 0 saturated carbocycles. The van der Waals surface area contributed by atoms with Crippen molar-refractivity contribution in [1.29, 1.82) is 0 Å². The van der Waals surface area contributed by atoms with Crippen LogP contribution in [0.4, 0.5) is 39.5 Å². The first-order chi connectivity index (χ1) is 7.83. The van der Waals surface area contributed by atoms with E-state index in [-0.39, 0.29) is 6.20 Å². The molecule has 0 aliphatic rings. The van der Waals surface area contributed by atoms with E-state index in [0.717, 1.165) is 0 Å². The molecule has 0 aliphatic carbocycles. The minimum Gasteiger partial charge on any atom is -0.251 e. The third-order valence-corrected chi connectivity index (χ3v) is 1.79. The van der Waals surface area contributed by atoms with Gasteiger partial charge in [-0.2, -0.15) is 39.5 Å². The van der Waals surface area contributed by atoms with Crippen molar-refractivity contribution in [2.45, 2.75) is 18.5 Å². The highest BCUT2D eigenvalue weighted by Gasteiger charge is 2.46. The maximum absolute atomic E-state index is 12.2. The summed E-state index contributed by atoms with van der Waals surface area (Å²) in [5, 5.41) is 0. The maximum Gasteiger partial charge on any atom is 0.433 e. The van der Waals surface area contributed by atoms with Crippen LogP contribution in [0.2, 0.25) is 0 Å². The van der Waals surface area contributed by atoms with Crippen LogP contribution in [0.3, 0.4) is 0 Å². The van der Waals surface area contributed by atoms with Crippen LogP contribution in [0.25, 0.3) is 0 Å². The monoisotopic (exact) mass is 283 g/mol. The molecule has 0 aliphatic heterocycles. The number of pyridine rings is 1. The van der Waals surface area contributed by atoms with E-state index >= 15 is 0 Å². The quantitative estimate of drug-likeness (QED) is 0.652. The molecule has 0 bridgehead atoms. The zero-order valence-electron chi connectivity index (χ0n) is 8.00. The van der Waals surface area contributed by atoms with E-state index in [0.29, 0.717) is 0 Å². The molecule has 1 heterocycles. The molecular formula is C8H2F9N. The number of hydrogen-bond acceptors (Lipinski definition) is 1. The van der Waals surface area contributed by atoms with Gasteiger partial charge in [-0.25, -0.2) is 0 Å². The van der Waals surface area contributed by atoms with Crippen molar-refractivity contribution in [2.24, 2.45) is 0 Å². The van der Waals surface area contributed by atoms with Crippen molar-refractivity contribution >= 4 is 0 Å². The Labute approximate surface area is 93.2 Å². The highest BCUT2D eigenvalue weighted by atomic mass is 19.4. The van der Waals surface area contributed by atoms with Crippen LogP contribution < -0.4 is 0 Å². The van der Waals surface area contributed by atoms with Crippen LogP contribution in [0.1, 0.15) is 16.8 Å². The lowest BCUT2D eigenvalue weighted by Gasteiger charge is -2.16. The third kappa shape index (κ3) is 3.05. The van der Waals surface area contributed by atoms with Crippen LogP contribution in [0, 0.1) is 0 Å². The summed E-state index contributed by atoms with van der Waals surface area (Å²) in [7, 11) is 0. The number of aromatic nitrogens is 1. The summed E-state index contributed by atoms with van der Waals surface area (Å²) in [6, 6.07) is -0.615. The predicted octanol–water partition coefficient (Wildman–Crippen LogP) is 4.14. The first kappa shape index (κ1) is 14.6. The third-order valence-electron chi connectivity index (χ3n) is 1.79. The number of rotatable bonds is 0. The minimum absolute atomic E-state index is 0.294. The smallest absolute Gasteiger partial charge is 0.251 e. The average Bonchev–Trinajstić information content (AvgIpc) is 2.12. The van der Waals surface area contributed by atoms with Crippen LogP contribution in [-0.2, 0) is 18.5 Å². The molecule has 10 heteroatoms. The lowest BCUT2D eigenvalue weighted by molar-refractivity contribution is -0.166. The Bertz CT molecular complexity index is 439. The Morgan fingerprint density at radius 1 is 0.722 bits per heavy atom. The van der Waals surface area contributed by atoms with Gasteiger partial charge in [0.2, 0.25) is 0 Å². The number of halogens is 9. The predicted molar refractivity (Wildman–Crippen MR) is 39.2 cm³/mol. The van der Waals surface area contributed by atoms with E-state index in [1.165, 1.54) is 0 Å². The van der Waals surface area contributed by atoms with E-state index in [1.54, 1.807) is 0 Å². The summed E-state index contributed by atoms with van der Waals surface area (Å²) in [6.45, 7) is 0. The van der Waals surface area contributed by atoms with Crippen LogP contribution in [0.5, 0.6) is 0 Å². The molecule has 0 atom stereocenters. The second-order valence-electron chi connectivity index (χ2n) is 3.11. The molecule has 0 aromatic carbocycles. The normalized spacial score (nSPS) is 13.8. The molecule has 18 heavy (non-hydrogen) atoms. The van der Waals surface area contributed by atoms with Gasteiger partial charge in [0.25, 0.3) is 0 Å². The fraction of sp³-hybridized carbons (Fsp3) is 0.375. The van der Waals surface area contributed by atoms with Gasteiger partial charge in [-0.05, 0) is 6.07 Å². The van der Waals surface area contributed by atoms with Crippen molar-refractivity contribution in [2.75, 3.05) is 0 Å². The van der Waals surface area contributed by atoms with Gasteiger partial charge in [-0.3, -0.25) is 4.98 Å². The van der Waals surface area contributed by atoms with Crippen molar-refractivity contribution in [3.8, 4) is 0 Å². The van der Waals surface area contributed by atoms with Crippen LogP contribution in [0.15, 0.2) is 12.3 Å². The van der Waals surface area contributed by atoms with Gasteiger partial charge in [0, 0.05) is 6.20 Å². The Morgan fingerprint density at radius 3 is 1.56 bits per heavy atom. The minimum atomic E-state index is -5.58. The summed E-state index contributed by atoms with van der Waals surface area (Å²) < 4.78 is 109. The molecule has 102 valence electrons. The van der Waals surface area contributed by atoms with E-state index in [9.17, 15) is 39.5 Å². The molecule has 0 unspecified atom stereocenters. The Balaban J connectivity index is 3.50. The highest BCUT2D eigenvalue weighted by Crippen LogP contribution is 2.41. The molecule has 1 aromatic rings. The Morgan fingerprint density at radius 2 is 1.22 bits per heavy atom. The standard InChI is InChI=1S/C8H2F9N/c9-6(10,11)3-1-4(7(12,13)14)5(18-2-3)8(15,16)17/h1-2H. The SMILES string of the molecule is FC(F)(F)c1cnc(C(F)(F)F)c(C(F)(F)F)c1. The molecule has 0 N–H and O–H groups in total. The molecule has 1 nitrogen and oxygen atoms in total. The summed E-state index contributed by atoms with van der Waals surface area (Å²) in [4.78, 5) is 2.22. The Kier molecular flexibility index (Phi) is 3.26. The second kappa shape index (κ2) is 4.02. The molecule has 1 rings (SSSR count). The highest BCUT2D eigenvalue weighted by molar-refractivity contribution is 5.31. The first-order valence-corrected chi connectivity index (χ1v) is 4.05. The lowest BCUT2D eigenvalue weighted by Crippen LogP contribution is -2.20. The largest absolute Gasteiger partial charge is 0.433 e. The fourth-order valence-corrected chi connectivity index (χ4v) is 1.06. The van der Waals surface area contributed by atoms with Gasteiger partial charge in [-0.1, -0.05) is 0 Å². The average molecular weight is 283 g/mol. The zero-order valence-corrected chi connectivity index (χ0v) is 8.00. The van der Waals surface area contributed by atoms with Crippen LogP contribution >= 0.6 is 0 Å². The number of alkyl halides is 9. The lowest BCUT2D eigenvalue weighted by atomic mass is 10.1. The van der Waals surface area contributed by atoms with Crippen molar-refractivity contribution in [3.63, 3.8) is 0 Å². The Hall–Kier alpha value is -1.48. The van der Waals surface area contributed by atoms with Gasteiger partial charge in [0.1, 0.15) is 0 Å². The molecule has 0 amide bonds. The zero-order chi connectivity index (χ0) is 14.4. The molecule has 1 aromatic heterocycles. The number of nitrogens with zero attached hydrogens (tertiary/aromatic N) is 1. The van der Waals surface area contributed by atoms with Gasteiger partial charge >= 0.3 is 18.5 Å². The summed E-state index contributed by atoms with van der Waals surface area (Å²) in [5.41, 5.74) is -6.77. The van der Waals surface area contributed by atoms with Gasteiger partial charge in [-0.15, -0.1) is 0 Å². The maximum atomic E-state index is 12.2. The van der Waals surface area contributed by atoms with Gasteiger partial charge < -0.3 is 0 Å². The molecule has 0 radical (unpaired) electrons. The molecule has 0 saturated heterocycles. The van der Waals surface area contributed by atoms with Crippen LogP contribution in [-0.4, -0.2) is 4.98 Å².